The van der Waals surface area contributed by atoms with Crippen molar-refractivity contribution in [1.82, 2.24) is 0 Å². The number of hydrogen-bond acceptors (Lipinski definition) is 0. The van der Waals surface area contributed by atoms with Gasteiger partial charge in [-0.15, -0.1) is 0 Å². The van der Waals surface area contributed by atoms with E-state index in [0.29, 0.717) is 12.1 Å². The van der Waals surface area contributed by atoms with Gasteiger partial charge in [0, 0.05) is 0 Å². The zero-order chi connectivity index (χ0) is 12.6. The van der Waals surface area contributed by atoms with Crippen molar-refractivity contribution < 1.29 is 30.7 Å². The molecule has 0 aliphatic carbocycles. The van der Waals surface area contributed by atoms with E-state index < -0.39 is 35.7 Å². The van der Waals surface area contributed by atoms with Gasteiger partial charge in [-0.05, 0) is 17.7 Å². The van der Waals surface area contributed by atoms with E-state index >= 15 is 0 Å². The zero-order valence-electron chi connectivity index (χ0n) is 7.58. The van der Waals surface area contributed by atoms with Crippen LogP contribution in [0.25, 0.3) is 0 Å². The van der Waals surface area contributed by atoms with Gasteiger partial charge in [0.05, 0.1) is 12.0 Å². The van der Waals surface area contributed by atoms with E-state index in [0.717, 1.165) is 0 Å². The number of rotatable bonds is 1. The maximum atomic E-state index is 12.8. The molecule has 0 unspecified atom stereocenters. The fourth-order valence-electron chi connectivity index (χ4n) is 1.13. The Morgan fingerprint density at radius 1 is 0.938 bits per heavy atom. The molecule has 1 aromatic rings. The first-order valence-electron chi connectivity index (χ1n) is 4.02. The summed E-state index contributed by atoms with van der Waals surface area (Å²) in [5.74, 6) is -1.70. The Balaban J connectivity index is 3.01. The second-order valence-corrected chi connectivity index (χ2v) is 3.10. The minimum absolute atomic E-state index is 0.246. The average molecular weight is 246 g/mol. The molecule has 0 saturated heterocycles. The summed E-state index contributed by atoms with van der Waals surface area (Å²) in [6.07, 6.45) is -10.9. The lowest BCUT2D eigenvalue weighted by molar-refractivity contribution is -0.140. The normalized spacial score (nSPS) is 12.9. The van der Waals surface area contributed by atoms with E-state index in [1.165, 1.54) is 0 Å². The highest BCUT2D eigenvalue weighted by Crippen LogP contribution is 2.32. The van der Waals surface area contributed by atoms with Crippen LogP contribution in [0.2, 0.25) is 0 Å². The van der Waals surface area contributed by atoms with Crippen molar-refractivity contribution in [1.29, 1.82) is 0 Å². The average Bonchev–Trinajstić information content (AvgIpc) is 1.97. The number of hydrogen-bond donors (Lipinski definition) is 0. The van der Waals surface area contributed by atoms with E-state index in [4.69, 9.17) is 0 Å². The molecule has 0 aliphatic heterocycles. The Labute approximate surface area is 85.7 Å². The second kappa shape index (κ2) is 3.95. The highest BCUT2D eigenvalue weighted by Gasteiger charge is 2.35. The van der Waals surface area contributed by atoms with Crippen LogP contribution < -0.4 is 0 Å². The van der Waals surface area contributed by atoms with Gasteiger partial charge in [-0.25, -0.2) is 4.39 Å². The first-order valence-corrected chi connectivity index (χ1v) is 4.02. The van der Waals surface area contributed by atoms with Crippen molar-refractivity contribution in [2.45, 2.75) is 18.8 Å². The molecule has 90 valence electrons. The molecule has 0 N–H and O–H groups in total. The minimum Gasteiger partial charge on any atom is -0.206 e. The standard InChI is InChI=1S/C9H5F7/c10-7-3-5(4-8(11,12)13)1-2-6(7)9(14,15)16/h1-3H,4H2. The van der Waals surface area contributed by atoms with Crippen molar-refractivity contribution in [2.24, 2.45) is 0 Å². The number of benzene rings is 1. The van der Waals surface area contributed by atoms with Crippen LogP contribution in [0.1, 0.15) is 11.1 Å². The third kappa shape index (κ3) is 3.39. The van der Waals surface area contributed by atoms with Gasteiger partial charge >= 0.3 is 12.4 Å². The highest BCUT2D eigenvalue weighted by molar-refractivity contribution is 5.27. The number of halogens is 7. The van der Waals surface area contributed by atoms with Gasteiger partial charge in [-0.1, -0.05) is 6.07 Å². The van der Waals surface area contributed by atoms with Crippen LogP contribution >= 0.6 is 0 Å². The topological polar surface area (TPSA) is 0 Å². The van der Waals surface area contributed by atoms with Crippen LogP contribution in [0.15, 0.2) is 18.2 Å². The van der Waals surface area contributed by atoms with Crippen molar-refractivity contribution >= 4 is 0 Å². The van der Waals surface area contributed by atoms with E-state index in [1.807, 2.05) is 0 Å². The Kier molecular flexibility index (Phi) is 3.16. The van der Waals surface area contributed by atoms with Crippen molar-refractivity contribution in [3.63, 3.8) is 0 Å². The quantitative estimate of drug-likeness (QED) is 0.658. The van der Waals surface area contributed by atoms with Gasteiger partial charge in [0.25, 0.3) is 0 Å². The lowest BCUT2D eigenvalue weighted by Crippen LogP contribution is -2.13. The summed E-state index contributed by atoms with van der Waals surface area (Å²) in [4.78, 5) is 0. The molecule has 0 saturated carbocycles. The van der Waals surface area contributed by atoms with Crippen LogP contribution in [0.4, 0.5) is 30.7 Å². The molecule has 7 heteroatoms. The smallest absolute Gasteiger partial charge is 0.206 e. The third-order valence-corrected chi connectivity index (χ3v) is 1.74. The summed E-state index contributed by atoms with van der Waals surface area (Å²) in [6, 6.07) is 1.16. The summed E-state index contributed by atoms with van der Waals surface area (Å²) >= 11 is 0. The minimum atomic E-state index is -4.90. The molecule has 0 radical (unpaired) electrons. The molecule has 0 aliphatic rings. The van der Waals surface area contributed by atoms with Crippen molar-refractivity contribution in [3.8, 4) is 0 Å². The number of alkyl halides is 6. The summed E-state index contributed by atoms with van der Waals surface area (Å²) in [5, 5.41) is 0. The first-order chi connectivity index (χ1) is 7.09. The molecule has 16 heavy (non-hydrogen) atoms. The Morgan fingerprint density at radius 2 is 1.50 bits per heavy atom. The largest absolute Gasteiger partial charge is 0.419 e. The first kappa shape index (κ1) is 12.8. The van der Waals surface area contributed by atoms with Gasteiger partial charge in [0.15, 0.2) is 0 Å². The van der Waals surface area contributed by atoms with E-state index in [-0.39, 0.29) is 6.07 Å². The van der Waals surface area contributed by atoms with E-state index in [1.54, 1.807) is 0 Å². The van der Waals surface area contributed by atoms with Gasteiger partial charge in [0.2, 0.25) is 0 Å². The van der Waals surface area contributed by atoms with Gasteiger partial charge in [-0.3, -0.25) is 0 Å². The summed E-state index contributed by atoms with van der Waals surface area (Å²) < 4.78 is 84.6. The molecule has 0 aromatic heterocycles. The predicted molar refractivity (Wildman–Crippen MR) is 41.2 cm³/mol. The molecule has 0 nitrogen and oxygen atoms in total. The summed E-state index contributed by atoms with van der Waals surface area (Å²) in [7, 11) is 0. The van der Waals surface area contributed by atoms with Crippen LogP contribution in [0, 0.1) is 5.82 Å². The molecule has 0 bridgehead atoms. The van der Waals surface area contributed by atoms with Crippen LogP contribution in [0.3, 0.4) is 0 Å². The van der Waals surface area contributed by atoms with Crippen molar-refractivity contribution in [3.05, 3.63) is 35.1 Å². The second-order valence-electron chi connectivity index (χ2n) is 3.10. The van der Waals surface area contributed by atoms with Crippen molar-refractivity contribution in [2.75, 3.05) is 0 Å². The zero-order valence-corrected chi connectivity index (χ0v) is 7.58. The molecular weight excluding hydrogens is 241 g/mol. The Bertz CT molecular complexity index is 374. The SMILES string of the molecule is Fc1cc(CC(F)(F)F)ccc1C(F)(F)F. The van der Waals surface area contributed by atoms with E-state index in [2.05, 4.69) is 0 Å². The molecule has 1 rings (SSSR count). The van der Waals surface area contributed by atoms with Gasteiger partial charge in [0.1, 0.15) is 5.82 Å². The highest BCUT2D eigenvalue weighted by atomic mass is 19.4. The lowest BCUT2D eigenvalue weighted by atomic mass is 10.1. The summed E-state index contributed by atoms with van der Waals surface area (Å²) in [6.45, 7) is 0. The van der Waals surface area contributed by atoms with Gasteiger partial charge in [-0.2, -0.15) is 26.3 Å². The van der Waals surface area contributed by atoms with Gasteiger partial charge < -0.3 is 0 Å². The van der Waals surface area contributed by atoms with Crippen LogP contribution in [-0.4, -0.2) is 6.18 Å². The molecule has 1 aromatic carbocycles. The molecule has 0 amide bonds. The predicted octanol–water partition coefficient (Wildman–Crippen LogP) is 3.95. The summed E-state index contributed by atoms with van der Waals surface area (Å²) in [5.41, 5.74) is -2.11. The molecular formula is C9H5F7. The van der Waals surface area contributed by atoms with Crippen LogP contribution in [-0.2, 0) is 12.6 Å². The Morgan fingerprint density at radius 3 is 1.88 bits per heavy atom. The third-order valence-electron chi connectivity index (χ3n) is 1.74. The molecule has 0 fully saturated rings. The monoisotopic (exact) mass is 246 g/mol. The van der Waals surface area contributed by atoms with E-state index in [9.17, 15) is 30.7 Å². The molecule has 0 heterocycles. The lowest BCUT2D eigenvalue weighted by Gasteiger charge is -2.10. The maximum absolute atomic E-state index is 12.8. The molecule has 0 atom stereocenters. The molecule has 0 spiro atoms. The fourth-order valence-corrected chi connectivity index (χ4v) is 1.13. The van der Waals surface area contributed by atoms with Crippen LogP contribution in [0.5, 0.6) is 0 Å². The Hall–Kier alpha value is -1.27. The maximum Gasteiger partial charge on any atom is 0.419 e. The fraction of sp³-hybridized carbons (Fsp3) is 0.333.